The summed E-state index contributed by atoms with van der Waals surface area (Å²) in [6, 6.07) is 7.67. The molecule has 7 nitrogen and oxygen atoms in total. The first kappa shape index (κ1) is 17.5. The number of aromatic amines is 1. The van der Waals surface area contributed by atoms with Crippen molar-refractivity contribution in [3.63, 3.8) is 0 Å². The number of nitrogens with one attached hydrogen (secondary N) is 1. The van der Waals surface area contributed by atoms with Gasteiger partial charge in [0.1, 0.15) is 0 Å². The summed E-state index contributed by atoms with van der Waals surface area (Å²) in [7, 11) is 0. The molecule has 140 valence electrons. The standard InChI is InChI=1S/C20H23N5O2/c1-13-14(2)21-12-25(19(13)26)11-15-7-9-24(10-8-15)20(27)18-16-5-3-4-6-17(16)22-23-18/h3-6,12,15H,7-11H2,1-2H3,(H,22,23). The molecule has 27 heavy (non-hydrogen) atoms. The first-order chi connectivity index (χ1) is 13.0. The Morgan fingerprint density at radius 3 is 2.74 bits per heavy atom. The summed E-state index contributed by atoms with van der Waals surface area (Å²) in [6.07, 6.45) is 3.37. The van der Waals surface area contributed by atoms with E-state index in [9.17, 15) is 9.59 Å². The molecule has 3 aromatic rings. The van der Waals surface area contributed by atoms with Crippen molar-refractivity contribution in [3.05, 3.63) is 57.9 Å². The van der Waals surface area contributed by atoms with E-state index >= 15 is 0 Å². The quantitative estimate of drug-likeness (QED) is 0.772. The minimum atomic E-state index is -0.0316. The van der Waals surface area contributed by atoms with Gasteiger partial charge in [0.15, 0.2) is 5.69 Å². The van der Waals surface area contributed by atoms with Crippen LogP contribution in [0, 0.1) is 19.8 Å². The molecule has 3 heterocycles. The van der Waals surface area contributed by atoms with Crippen LogP contribution in [0.5, 0.6) is 0 Å². The largest absolute Gasteiger partial charge is 0.337 e. The smallest absolute Gasteiger partial charge is 0.274 e. The summed E-state index contributed by atoms with van der Waals surface area (Å²) in [4.78, 5) is 31.4. The average molecular weight is 365 g/mol. The second-order valence-corrected chi connectivity index (χ2v) is 7.27. The van der Waals surface area contributed by atoms with Gasteiger partial charge in [0.2, 0.25) is 0 Å². The van der Waals surface area contributed by atoms with E-state index in [0.29, 0.717) is 36.8 Å². The van der Waals surface area contributed by atoms with Gasteiger partial charge in [-0.2, -0.15) is 5.10 Å². The minimum Gasteiger partial charge on any atom is -0.337 e. The van der Waals surface area contributed by atoms with Gasteiger partial charge in [-0.3, -0.25) is 19.3 Å². The lowest BCUT2D eigenvalue weighted by Crippen LogP contribution is -2.40. The maximum atomic E-state index is 12.9. The third kappa shape index (κ3) is 3.25. The second kappa shape index (κ2) is 6.98. The zero-order valence-corrected chi connectivity index (χ0v) is 15.6. The first-order valence-electron chi connectivity index (χ1n) is 9.29. The van der Waals surface area contributed by atoms with E-state index in [1.165, 1.54) is 0 Å². The molecule has 0 bridgehead atoms. The Balaban J connectivity index is 1.42. The van der Waals surface area contributed by atoms with Gasteiger partial charge in [-0.1, -0.05) is 18.2 Å². The summed E-state index contributed by atoms with van der Waals surface area (Å²) in [5.74, 6) is 0.336. The summed E-state index contributed by atoms with van der Waals surface area (Å²) in [6.45, 7) is 5.68. The Hall–Kier alpha value is -2.96. The van der Waals surface area contributed by atoms with E-state index in [-0.39, 0.29) is 11.5 Å². The number of benzene rings is 1. The van der Waals surface area contributed by atoms with Crippen LogP contribution in [0.3, 0.4) is 0 Å². The van der Waals surface area contributed by atoms with Crippen LogP contribution in [0.2, 0.25) is 0 Å². The molecule has 4 rings (SSSR count). The summed E-state index contributed by atoms with van der Waals surface area (Å²) >= 11 is 0. The Labute approximate surface area is 157 Å². The van der Waals surface area contributed by atoms with E-state index < -0.39 is 0 Å². The van der Waals surface area contributed by atoms with E-state index in [0.717, 1.165) is 29.4 Å². The fourth-order valence-electron chi connectivity index (χ4n) is 3.68. The highest BCUT2D eigenvalue weighted by Gasteiger charge is 2.26. The number of hydrogen-bond acceptors (Lipinski definition) is 4. The molecule has 0 aliphatic carbocycles. The first-order valence-corrected chi connectivity index (χ1v) is 9.29. The van der Waals surface area contributed by atoms with E-state index in [2.05, 4.69) is 15.2 Å². The molecule has 1 aromatic carbocycles. The number of aromatic nitrogens is 4. The van der Waals surface area contributed by atoms with Gasteiger partial charge in [-0.25, -0.2) is 4.98 Å². The molecule has 1 saturated heterocycles. The van der Waals surface area contributed by atoms with E-state index in [1.807, 2.05) is 43.0 Å². The van der Waals surface area contributed by atoms with Gasteiger partial charge in [-0.05, 0) is 38.7 Å². The normalized spacial score (nSPS) is 15.4. The lowest BCUT2D eigenvalue weighted by molar-refractivity contribution is 0.0678. The molecule has 0 atom stereocenters. The average Bonchev–Trinajstić information content (AvgIpc) is 3.12. The number of H-pyrrole nitrogens is 1. The predicted octanol–water partition coefficient (Wildman–Crippen LogP) is 2.29. The van der Waals surface area contributed by atoms with Gasteiger partial charge >= 0.3 is 0 Å². The molecule has 0 saturated carbocycles. The van der Waals surface area contributed by atoms with Crippen LogP contribution < -0.4 is 5.56 Å². The van der Waals surface area contributed by atoms with Gasteiger partial charge in [0.05, 0.1) is 11.8 Å². The third-order valence-electron chi connectivity index (χ3n) is 5.54. The van der Waals surface area contributed by atoms with Gasteiger partial charge in [0, 0.05) is 36.3 Å². The van der Waals surface area contributed by atoms with Crippen molar-refractivity contribution in [3.8, 4) is 0 Å². The Bertz CT molecular complexity index is 1040. The highest BCUT2D eigenvalue weighted by atomic mass is 16.2. The number of piperidine rings is 1. The van der Waals surface area contributed by atoms with Crippen LogP contribution in [0.25, 0.3) is 10.9 Å². The van der Waals surface area contributed by atoms with Crippen molar-refractivity contribution in [1.29, 1.82) is 0 Å². The summed E-state index contributed by atoms with van der Waals surface area (Å²) in [5.41, 5.74) is 2.87. The number of rotatable bonds is 3. The van der Waals surface area contributed by atoms with Crippen molar-refractivity contribution in [2.75, 3.05) is 13.1 Å². The Kier molecular flexibility index (Phi) is 4.51. The van der Waals surface area contributed by atoms with Gasteiger partial charge in [0.25, 0.3) is 11.5 Å². The van der Waals surface area contributed by atoms with Crippen molar-refractivity contribution >= 4 is 16.8 Å². The highest BCUT2D eigenvalue weighted by molar-refractivity contribution is 6.04. The SMILES string of the molecule is Cc1ncn(CC2CCN(C(=O)c3n[nH]c4ccccc34)CC2)c(=O)c1C. The maximum absolute atomic E-state index is 12.9. The number of hydrogen-bond donors (Lipinski definition) is 1. The van der Waals surface area contributed by atoms with Crippen molar-refractivity contribution in [2.24, 2.45) is 5.92 Å². The Morgan fingerprint density at radius 2 is 1.96 bits per heavy atom. The van der Waals surface area contributed by atoms with Crippen LogP contribution in [0.4, 0.5) is 0 Å². The summed E-state index contributed by atoms with van der Waals surface area (Å²) < 4.78 is 1.70. The van der Waals surface area contributed by atoms with E-state index in [1.54, 1.807) is 10.9 Å². The fourth-order valence-corrected chi connectivity index (χ4v) is 3.68. The number of carbonyl (C=O) groups is 1. The molecule has 2 aromatic heterocycles. The van der Waals surface area contributed by atoms with Crippen molar-refractivity contribution in [2.45, 2.75) is 33.2 Å². The lowest BCUT2D eigenvalue weighted by Gasteiger charge is -2.31. The topological polar surface area (TPSA) is 83.9 Å². The number of nitrogens with zero attached hydrogens (tertiary/aromatic N) is 4. The number of para-hydroxylation sites is 1. The van der Waals surface area contributed by atoms with Crippen LogP contribution in [-0.4, -0.2) is 43.6 Å². The van der Waals surface area contributed by atoms with Crippen molar-refractivity contribution in [1.82, 2.24) is 24.6 Å². The highest BCUT2D eigenvalue weighted by Crippen LogP contribution is 2.22. The molecule has 0 unspecified atom stereocenters. The van der Waals surface area contributed by atoms with Crippen LogP contribution >= 0.6 is 0 Å². The zero-order valence-electron chi connectivity index (χ0n) is 15.6. The van der Waals surface area contributed by atoms with Crippen LogP contribution in [-0.2, 0) is 6.54 Å². The molecular formula is C20H23N5O2. The molecule has 1 amide bonds. The monoisotopic (exact) mass is 365 g/mol. The van der Waals surface area contributed by atoms with E-state index in [4.69, 9.17) is 0 Å². The number of amides is 1. The number of fused-ring (bicyclic) bond motifs is 1. The molecule has 1 fully saturated rings. The van der Waals surface area contributed by atoms with Gasteiger partial charge < -0.3 is 4.90 Å². The minimum absolute atomic E-state index is 0.0315. The third-order valence-corrected chi connectivity index (χ3v) is 5.54. The van der Waals surface area contributed by atoms with Gasteiger partial charge in [-0.15, -0.1) is 0 Å². The molecule has 7 heteroatoms. The Morgan fingerprint density at radius 1 is 1.22 bits per heavy atom. The molecule has 0 spiro atoms. The summed E-state index contributed by atoms with van der Waals surface area (Å²) in [5, 5.41) is 8.00. The fraction of sp³-hybridized carbons (Fsp3) is 0.400. The molecule has 1 N–H and O–H groups in total. The molecule has 1 aliphatic rings. The molecular weight excluding hydrogens is 342 g/mol. The van der Waals surface area contributed by atoms with Crippen LogP contribution in [0.15, 0.2) is 35.4 Å². The molecule has 0 radical (unpaired) electrons. The van der Waals surface area contributed by atoms with Crippen LogP contribution in [0.1, 0.15) is 34.6 Å². The number of likely N-dealkylation sites (tertiary alicyclic amines) is 1. The molecule has 1 aliphatic heterocycles. The maximum Gasteiger partial charge on any atom is 0.274 e. The zero-order chi connectivity index (χ0) is 19.0. The lowest BCUT2D eigenvalue weighted by atomic mass is 9.96. The predicted molar refractivity (Wildman–Crippen MR) is 103 cm³/mol. The second-order valence-electron chi connectivity index (χ2n) is 7.27. The number of aryl methyl sites for hydroxylation is 1. The number of carbonyl (C=O) groups excluding carboxylic acids is 1. The van der Waals surface area contributed by atoms with Crippen molar-refractivity contribution < 1.29 is 4.79 Å².